The molecule has 6 heteroatoms. The number of benzene rings is 1. The van der Waals surface area contributed by atoms with E-state index >= 15 is 0 Å². The van der Waals surface area contributed by atoms with Gasteiger partial charge >= 0.3 is 0 Å². The Hall–Kier alpha value is -1.43. The summed E-state index contributed by atoms with van der Waals surface area (Å²) in [6.45, 7) is 6.70. The molecule has 0 aliphatic heterocycles. The predicted molar refractivity (Wildman–Crippen MR) is 106 cm³/mol. The zero-order valence-electron chi connectivity index (χ0n) is 14.5. The Balaban J connectivity index is 2.08. The van der Waals surface area contributed by atoms with Crippen LogP contribution in [-0.2, 0) is 6.42 Å². The lowest BCUT2D eigenvalue weighted by atomic mass is 10.0. The third-order valence-corrected chi connectivity index (χ3v) is 4.93. The van der Waals surface area contributed by atoms with Crippen LogP contribution >= 0.6 is 27.5 Å². The van der Waals surface area contributed by atoms with E-state index in [0.717, 1.165) is 24.0 Å². The lowest BCUT2D eigenvalue weighted by molar-refractivity contribution is 0.0934. The van der Waals surface area contributed by atoms with E-state index in [1.165, 1.54) is 5.56 Å². The maximum atomic E-state index is 12.5. The van der Waals surface area contributed by atoms with Gasteiger partial charge in [-0.15, -0.1) is 0 Å². The van der Waals surface area contributed by atoms with Crippen LogP contribution in [-0.4, -0.2) is 41.5 Å². The lowest BCUT2D eigenvalue weighted by Crippen LogP contribution is -2.45. The van der Waals surface area contributed by atoms with E-state index in [1.54, 1.807) is 12.3 Å². The first kappa shape index (κ1) is 19.9. The average molecular weight is 425 g/mol. The van der Waals surface area contributed by atoms with Crippen molar-refractivity contribution < 1.29 is 4.79 Å². The van der Waals surface area contributed by atoms with Gasteiger partial charge in [0.25, 0.3) is 5.91 Å². The van der Waals surface area contributed by atoms with Gasteiger partial charge < -0.3 is 5.32 Å². The number of carbonyl (C=O) groups is 1. The number of pyridine rings is 1. The number of likely N-dealkylation sites (N-methyl/N-ethyl adjacent to an activating group) is 1. The average Bonchev–Trinajstić information content (AvgIpc) is 2.63. The van der Waals surface area contributed by atoms with Crippen LogP contribution in [0.4, 0.5) is 0 Å². The van der Waals surface area contributed by atoms with Crippen molar-refractivity contribution in [1.29, 1.82) is 0 Å². The van der Waals surface area contributed by atoms with Crippen molar-refractivity contribution in [2.45, 2.75) is 26.3 Å². The zero-order valence-corrected chi connectivity index (χ0v) is 16.8. The Morgan fingerprint density at radius 1 is 1.28 bits per heavy atom. The van der Waals surface area contributed by atoms with Gasteiger partial charge in [0.15, 0.2) is 0 Å². The highest BCUT2D eigenvalue weighted by atomic mass is 79.9. The Kier molecular flexibility index (Phi) is 7.88. The summed E-state index contributed by atoms with van der Waals surface area (Å²) in [5.41, 5.74) is 1.64. The SMILES string of the molecule is CCN(CC)C(CNC(=O)c1cc(Br)cnc1Cl)Cc1ccccc1. The van der Waals surface area contributed by atoms with Gasteiger partial charge in [0.2, 0.25) is 0 Å². The first-order chi connectivity index (χ1) is 12.0. The van der Waals surface area contributed by atoms with E-state index in [0.29, 0.717) is 12.1 Å². The van der Waals surface area contributed by atoms with Gasteiger partial charge in [0.05, 0.1) is 5.56 Å². The van der Waals surface area contributed by atoms with E-state index in [4.69, 9.17) is 11.6 Å². The molecule has 0 saturated carbocycles. The van der Waals surface area contributed by atoms with Crippen LogP contribution in [0.25, 0.3) is 0 Å². The van der Waals surface area contributed by atoms with Gasteiger partial charge in [-0.2, -0.15) is 0 Å². The van der Waals surface area contributed by atoms with Gasteiger partial charge in [-0.05, 0) is 47.1 Å². The third kappa shape index (κ3) is 5.80. The number of aromatic nitrogens is 1. The summed E-state index contributed by atoms with van der Waals surface area (Å²) in [6, 6.07) is 12.2. The summed E-state index contributed by atoms with van der Waals surface area (Å²) in [4.78, 5) is 18.9. The molecule has 0 aliphatic rings. The van der Waals surface area contributed by atoms with E-state index in [2.05, 4.69) is 57.1 Å². The molecule has 0 radical (unpaired) electrons. The van der Waals surface area contributed by atoms with Crippen molar-refractivity contribution in [2.75, 3.05) is 19.6 Å². The van der Waals surface area contributed by atoms with Crippen LogP contribution in [0.15, 0.2) is 47.1 Å². The van der Waals surface area contributed by atoms with Crippen molar-refractivity contribution >= 4 is 33.4 Å². The normalized spacial score (nSPS) is 12.2. The highest BCUT2D eigenvalue weighted by molar-refractivity contribution is 9.10. The molecule has 1 amide bonds. The lowest BCUT2D eigenvalue weighted by Gasteiger charge is -2.30. The summed E-state index contributed by atoms with van der Waals surface area (Å²) in [5, 5.41) is 3.22. The fourth-order valence-electron chi connectivity index (χ4n) is 2.84. The summed E-state index contributed by atoms with van der Waals surface area (Å²) in [6.07, 6.45) is 2.46. The number of rotatable bonds is 8. The first-order valence-corrected chi connectivity index (χ1v) is 9.59. The Morgan fingerprint density at radius 2 is 1.96 bits per heavy atom. The molecule has 0 bridgehead atoms. The minimum absolute atomic E-state index is 0.205. The molecule has 1 heterocycles. The topological polar surface area (TPSA) is 45.2 Å². The van der Waals surface area contributed by atoms with Crippen LogP contribution in [0.1, 0.15) is 29.8 Å². The van der Waals surface area contributed by atoms with Crippen LogP contribution in [0.2, 0.25) is 5.15 Å². The molecule has 134 valence electrons. The number of nitrogens with zero attached hydrogens (tertiary/aromatic N) is 2. The van der Waals surface area contributed by atoms with Gasteiger partial charge in [0.1, 0.15) is 5.15 Å². The van der Waals surface area contributed by atoms with Gasteiger partial charge in [-0.3, -0.25) is 9.69 Å². The second-order valence-electron chi connectivity index (χ2n) is 5.77. The molecule has 0 saturated heterocycles. The number of hydrogen-bond donors (Lipinski definition) is 1. The standard InChI is InChI=1S/C19H23BrClN3O/c1-3-24(4-2)16(10-14-8-6-5-7-9-14)13-23-19(25)17-11-15(20)12-22-18(17)21/h5-9,11-12,16H,3-4,10,13H2,1-2H3,(H,23,25). The summed E-state index contributed by atoms with van der Waals surface area (Å²) in [5.74, 6) is -0.205. The van der Waals surface area contributed by atoms with E-state index < -0.39 is 0 Å². The largest absolute Gasteiger partial charge is 0.350 e. The molecule has 4 nitrogen and oxygen atoms in total. The first-order valence-electron chi connectivity index (χ1n) is 8.42. The fourth-order valence-corrected chi connectivity index (χ4v) is 3.36. The molecule has 2 rings (SSSR count). The predicted octanol–water partition coefficient (Wildman–Crippen LogP) is 4.18. The van der Waals surface area contributed by atoms with E-state index in [-0.39, 0.29) is 17.1 Å². The molecule has 1 unspecified atom stereocenters. The molecule has 0 fully saturated rings. The zero-order chi connectivity index (χ0) is 18.2. The van der Waals surface area contributed by atoms with Gasteiger partial charge in [-0.25, -0.2) is 4.98 Å². The summed E-state index contributed by atoms with van der Waals surface area (Å²) < 4.78 is 0.728. The number of carbonyl (C=O) groups excluding carboxylic acids is 1. The van der Waals surface area contributed by atoms with Crippen molar-refractivity contribution in [3.05, 3.63) is 63.3 Å². The molecule has 0 aliphatic carbocycles. The van der Waals surface area contributed by atoms with Gasteiger partial charge in [-0.1, -0.05) is 55.8 Å². The van der Waals surface area contributed by atoms with Crippen LogP contribution in [0.3, 0.4) is 0 Å². The van der Waals surface area contributed by atoms with Crippen molar-refractivity contribution in [3.63, 3.8) is 0 Å². The molecule has 1 aromatic heterocycles. The van der Waals surface area contributed by atoms with E-state index in [1.807, 2.05) is 18.2 Å². The highest BCUT2D eigenvalue weighted by Crippen LogP contribution is 2.18. The van der Waals surface area contributed by atoms with Crippen LogP contribution in [0, 0.1) is 0 Å². The quantitative estimate of drug-likeness (QED) is 0.647. The molecule has 1 aromatic carbocycles. The third-order valence-electron chi connectivity index (χ3n) is 4.19. The van der Waals surface area contributed by atoms with Crippen LogP contribution in [0.5, 0.6) is 0 Å². The Labute approximate surface area is 162 Å². The molecular weight excluding hydrogens is 402 g/mol. The fraction of sp³-hybridized carbons (Fsp3) is 0.368. The molecule has 0 spiro atoms. The second kappa shape index (κ2) is 9.90. The monoisotopic (exact) mass is 423 g/mol. The maximum absolute atomic E-state index is 12.5. The number of halogens is 2. The number of amides is 1. The molecule has 1 atom stereocenters. The minimum atomic E-state index is -0.205. The Bertz CT molecular complexity index is 692. The van der Waals surface area contributed by atoms with Crippen molar-refractivity contribution in [1.82, 2.24) is 15.2 Å². The number of hydrogen-bond acceptors (Lipinski definition) is 3. The van der Waals surface area contributed by atoms with Crippen molar-refractivity contribution in [2.24, 2.45) is 0 Å². The van der Waals surface area contributed by atoms with Crippen molar-refractivity contribution in [3.8, 4) is 0 Å². The molecule has 25 heavy (non-hydrogen) atoms. The number of nitrogens with one attached hydrogen (secondary N) is 1. The molecule has 1 N–H and O–H groups in total. The molecule has 2 aromatic rings. The summed E-state index contributed by atoms with van der Waals surface area (Å²) in [7, 11) is 0. The summed E-state index contributed by atoms with van der Waals surface area (Å²) >= 11 is 9.38. The highest BCUT2D eigenvalue weighted by Gasteiger charge is 2.19. The Morgan fingerprint density at radius 3 is 2.60 bits per heavy atom. The van der Waals surface area contributed by atoms with Gasteiger partial charge in [0, 0.05) is 23.3 Å². The minimum Gasteiger partial charge on any atom is -0.350 e. The van der Waals surface area contributed by atoms with Crippen LogP contribution < -0.4 is 5.32 Å². The molecular formula is C19H23BrClN3O. The van der Waals surface area contributed by atoms with E-state index in [9.17, 15) is 4.79 Å². The maximum Gasteiger partial charge on any atom is 0.254 e. The second-order valence-corrected chi connectivity index (χ2v) is 7.04. The smallest absolute Gasteiger partial charge is 0.254 e.